The van der Waals surface area contributed by atoms with Crippen LogP contribution in [-0.2, 0) is 4.84 Å². The number of rotatable bonds is 6. The van der Waals surface area contributed by atoms with Crippen molar-refractivity contribution in [2.75, 3.05) is 20.1 Å². The van der Waals surface area contributed by atoms with E-state index in [2.05, 4.69) is 45.1 Å². The predicted molar refractivity (Wildman–Crippen MR) is 137 cm³/mol. The van der Waals surface area contributed by atoms with Crippen molar-refractivity contribution >= 4 is 11.8 Å². The quantitative estimate of drug-likeness (QED) is 0.304. The SMILES string of the molecule is C/C(=N\OC(=O)N(C)CCNC(C)C)[C@H]1CC[C@H]2[C@@H]3CC[C@H]4C[C@@H](O)CC[C@]4(C)[C@H]3CC[C@]12C. The van der Waals surface area contributed by atoms with Crippen LogP contribution < -0.4 is 5.32 Å². The number of fused-ring (bicyclic) bond motifs is 5. The maximum Gasteiger partial charge on any atom is 0.435 e. The Balaban J connectivity index is 1.39. The first-order valence-electron chi connectivity index (χ1n) is 13.9. The average Bonchev–Trinajstić information content (AvgIpc) is 3.14. The molecule has 0 aromatic carbocycles. The lowest BCUT2D eigenvalue weighted by atomic mass is 9.44. The first-order valence-corrected chi connectivity index (χ1v) is 13.9. The van der Waals surface area contributed by atoms with E-state index in [1.807, 2.05) is 0 Å². The number of carbonyl (C=O) groups is 1. The summed E-state index contributed by atoms with van der Waals surface area (Å²) in [4.78, 5) is 19.4. The summed E-state index contributed by atoms with van der Waals surface area (Å²) in [7, 11) is 1.77. The molecule has 2 N–H and O–H groups in total. The second-order valence-electron chi connectivity index (χ2n) is 12.9. The van der Waals surface area contributed by atoms with Gasteiger partial charge in [0.2, 0.25) is 0 Å². The molecule has 1 amide bonds. The topological polar surface area (TPSA) is 74.2 Å². The number of hydrogen-bond donors (Lipinski definition) is 2. The van der Waals surface area contributed by atoms with E-state index >= 15 is 0 Å². The minimum atomic E-state index is -0.376. The molecule has 194 valence electrons. The van der Waals surface area contributed by atoms with Crippen molar-refractivity contribution in [3.05, 3.63) is 0 Å². The summed E-state index contributed by atoms with van der Waals surface area (Å²) in [5, 5.41) is 18.0. The van der Waals surface area contributed by atoms with Crippen LogP contribution in [0.4, 0.5) is 4.79 Å². The lowest BCUT2D eigenvalue weighted by molar-refractivity contribution is -0.123. The third-order valence-corrected chi connectivity index (χ3v) is 10.7. The van der Waals surface area contributed by atoms with E-state index in [1.165, 1.54) is 38.5 Å². The number of amides is 1. The van der Waals surface area contributed by atoms with Crippen LogP contribution in [0.3, 0.4) is 0 Å². The number of aliphatic hydroxyl groups excluding tert-OH is 1. The Hall–Kier alpha value is -1.14. The Morgan fingerprint density at radius 1 is 1.09 bits per heavy atom. The van der Waals surface area contributed by atoms with Crippen molar-refractivity contribution in [2.45, 2.75) is 105 Å². The van der Waals surface area contributed by atoms with E-state index in [-0.39, 0.29) is 17.6 Å². The van der Waals surface area contributed by atoms with Crippen molar-refractivity contribution in [1.29, 1.82) is 0 Å². The summed E-state index contributed by atoms with van der Waals surface area (Å²) >= 11 is 0. The Morgan fingerprint density at radius 3 is 2.53 bits per heavy atom. The van der Waals surface area contributed by atoms with Crippen molar-refractivity contribution < 1.29 is 14.7 Å². The summed E-state index contributed by atoms with van der Waals surface area (Å²) in [5.74, 6) is 3.45. The van der Waals surface area contributed by atoms with Crippen LogP contribution in [0.5, 0.6) is 0 Å². The molecular formula is C28H49N3O3. The van der Waals surface area contributed by atoms with Gasteiger partial charge in [-0.2, -0.15) is 0 Å². The minimum Gasteiger partial charge on any atom is -0.393 e. The van der Waals surface area contributed by atoms with E-state index < -0.39 is 0 Å². The molecule has 0 saturated heterocycles. The van der Waals surface area contributed by atoms with Gasteiger partial charge in [0.25, 0.3) is 0 Å². The van der Waals surface area contributed by atoms with E-state index in [0.717, 1.165) is 49.3 Å². The highest BCUT2D eigenvalue weighted by Crippen LogP contribution is 2.67. The summed E-state index contributed by atoms with van der Waals surface area (Å²) in [6.45, 7) is 12.7. The van der Waals surface area contributed by atoms with Crippen LogP contribution in [0.1, 0.15) is 92.4 Å². The normalized spacial score (nSPS) is 42.1. The van der Waals surface area contributed by atoms with Crippen LogP contribution in [0, 0.1) is 40.4 Å². The molecule has 6 heteroatoms. The fourth-order valence-corrected chi connectivity index (χ4v) is 8.78. The first kappa shape index (κ1) is 25.9. The molecule has 0 radical (unpaired) electrons. The third-order valence-electron chi connectivity index (χ3n) is 10.7. The molecule has 0 aromatic heterocycles. The lowest BCUT2D eigenvalue weighted by Crippen LogP contribution is -2.54. The molecule has 0 bridgehead atoms. The molecule has 0 unspecified atom stereocenters. The van der Waals surface area contributed by atoms with E-state index in [0.29, 0.717) is 29.8 Å². The third kappa shape index (κ3) is 4.78. The number of oxime groups is 1. The summed E-state index contributed by atoms with van der Waals surface area (Å²) in [6.07, 6.45) is 10.3. The van der Waals surface area contributed by atoms with Crippen molar-refractivity contribution in [2.24, 2.45) is 45.6 Å². The summed E-state index contributed by atoms with van der Waals surface area (Å²) in [6, 6.07) is 0.401. The number of likely N-dealkylation sites (N-methyl/N-ethyl adjacent to an activating group) is 1. The van der Waals surface area contributed by atoms with Gasteiger partial charge >= 0.3 is 6.09 Å². The highest BCUT2D eigenvalue weighted by atomic mass is 16.7. The Morgan fingerprint density at radius 2 is 1.79 bits per heavy atom. The van der Waals surface area contributed by atoms with Gasteiger partial charge in [-0.15, -0.1) is 0 Å². The molecule has 0 spiro atoms. The molecule has 6 nitrogen and oxygen atoms in total. The van der Waals surface area contributed by atoms with Crippen LogP contribution in [0.2, 0.25) is 0 Å². The smallest absolute Gasteiger partial charge is 0.393 e. The minimum absolute atomic E-state index is 0.0774. The van der Waals surface area contributed by atoms with Crippen molar-refractivity contribution in [3.63, 3.8) is 0 Å². The molecule has 0 aliphatic heterocycles. The Labute approximate surface area is 207 Å². The zero-order valence-electron chi connectivity index (χ0n) is 22.5. The van der Waals surface area contributed by atoms with Crippen LogP contribution >= 0.6 is 0 Å². The van der Waals surface area contributed by atoms with E-state index in [9.17, 15) is 9.90 Å². The zero-order chi connectivity index (χ0) is 24.7. The maximum absolute atomic E-state index is 12.4. The summed E-state index contributed by atoms with van der Waals surface area (Å²) < 4.78 is 0. The average molecular weight is 476 g/mol. The predicted octanol–water partition coefficient (Wildman–Crippen LogP) is 5.45. The monoisotopic (exact) mass is 475 g/mol. The lowest BCUT2D eigenvalue weighted by Gasteiger charge is -2.61. The van der Waals surface area contributed by atoms with Gasteiger partial charge in [-0.25, -0.2) is 4.79 Å². The number of nitrogens with zero attached hydrogens (tertiary/aromatic N) is 2. The van der Waals surface area contributed by atoms with Gasteiger partial charge in [-0.05, 0) is 99.2 Å². The van der Waals surface area contributed by atoms with E-state index in [4.69, 9.17) is 4.84 Å². The number of nitrogens with one attached hydrogen (secondary N) is 1. The van der Waals surface area contributed by atoms with Gasteiger partial charge in [0.1, 0.15) is 0 Å². The van der Waals surface area contributed by atoms with Crippen LogP contribution in [0.25, 0.3) is 0 Å². The van der Waals surface area contributed by atoms with Gasteiger partial charge < -0.3 is 15.3 Å². The second-order valence-corrected chi connectivity index (χ2v) is 12.9. The zero-order valence-corrected chi connectivity index (χ0v) is 22.5. The molecule has 8 atom stereocenters. The van der Waals surface area contributed by atoms with Crippen molar-refractivity contribution in [1.82, 2.24) is 10.2 Å². The van der Waals surface area contributed by atoms with Gasteiger partial charge in [-0.1, -0.05) is 32.9 Å². The summed E-state index contributed by atoms with van der Waals surface area (Å²) in [5.41, 5.74) is 1.66. The second kappa shape index (κ2) is 10.1. The van der Waals surface area contributed by atoms with Gasteiger partial charge in [0, 0.05) is 32.1 Å². The number of hydrogen-bond acceptors (Lipinski definition) is 5. The maximum atomic E-state index is 12.4. The molecule has 4 fully saturated rings. The Kier molecular flexibility index (Phi) is 7.69. The molecule has 4 saturated carbocycles. The highest BCUT2D eigenvalue weighted by Gasteiger charge is 2.60. The molecule has 4 aliphatic rings. The molecule has 0 aromatic rings. The molecule has 34 heavy (non-hydrogen) atoms. The van der Waals surface area contributed by atoms with Crippen LogP contribution in [0.15, 0.2) is 5.16 Å². The van der Waals surface area contributed by atoms with Gasteiger partial charge in [0.05, 0.1) is 11.8 Å². The molecule has 4 aliphatic carbocycles. The van der Waals surface area contributed by atoms with E-state index in [1.54, 1.807) is 11.9 Å². The highest BCUT2D eigenvalue weighted by molar-refractivity contribution is 5.85. The number of carbonyl (C=O) groups excluding carboxylic acids is 1. The van der Waals surface area contributed by atoms with Gasteiger partial charge in [0.15, 0.2) is 0 Å². The molecule has 4 rings (SSSR count). The largest absolute Gasteiger partial charge is 0.435 e. The first-order chi connectivity index (χ1) is 16.1. The molecule has 0 heterocycles. The molecular weight excluding hydrogens is 426 g/mol. The standard InChI is InChI=1S/C28H49N3O3/c1-18(2)29-15-16-31(6)26(33)34-30-19(3)23-9-10-24-22-8-7-20-17-21(32)11-13-27(20,4)25(22)12-14-28(23,24)5/h18,20-25,29,32H,7-17H2,1-6H3/b30-19+/t20-,21-,22-,23+,24-,25-,27-,28+/m0/s1. The fraction of sp³-hybridized carbons (Fsp3) is 0.929. The fourth-order valence-electron chi connectivity index (χ4n) is 8.78. The number of aliphatic hydroxyl groups is 1. The van der Waals surface area contributed by atoms with Crippen molar-refractivity contribution in [3.8, 4) is 0 Å². The van der Waals surface area contributed by atoms with Crippen LogP contribution in [-0.4, -0.2) is 54.1 Å². The Bertz CT molecular complexity index is 770. The van der Waals surface area contributed by atoms with Gasteiger partial charge in [-0.3, -0.25) is 4.84 Å².